The molecular formula is C18H17FN2O2. The molecule has 3 aromatic rings. The van der Waals surface area contributed by atoms with Crippen LogP contribution in [-0.2, 0) is 7.05 Å². The number of amides is 1. The van der Waals surface area contributed by atoms with E-state index in [2.05, 4.69) is 5.32 Å². The van der Waals surface area contributed by atoms with Crippen LogP contribution in [0.4, 0.5) is 4.39 Å². The molecule has 118 valence electrons. The van der Waals surface area contributed by atoms with E-state index in [1.54, 1.807) is 35.9 Å². The number of aliphatic hydroxyl groups excluding tert-OH is 1. The lowest BCUT2D eigenvalue weighted by Crippen LogP contribution is -2.29. The van der Waals surface area contributed by atoms with Gasteiger partial charge in [-0.25, -0.2) is 4.39 Å². The number of aryl methyl sites for hydroxylation is 1. The average molecular weight is 312 g/mol. The van der Waals surface area contributed by atoms with Crippen molar-refractivity contribution in [1.82, 2.24) is 9.88 Å². The van der Waals surface area contributed by atoms with Crippen LogP contribution in [0.3, 0.4) is 0 Å². The topological polar surface area (TPSA) is 54.3 Å². The van der Waals surface area contributed by atoms with Gasteiger partial charge in [-0.2, -0.15) is 0 Å². The van der Waals surface area contributed by atoms with E-state index in [-0.39, 0.29) is 18.3 Å². The number of benzene rings is 2. The fourth-order valence-electron chi connectivity index (χ4n) is 2.62. The van der Waals surface area contributed by atoms with Crippen LogP contribution in [0.25, 0.3) is 10.9 Å². The monoisotopic (exact) mass is 312 g/mol. The molecule has 2 N–H and O–H groups in total. The number of aliphatic hydroxyl groups is 1. The molecule has 0 saturated heterocycles. The van der Waals surface area contributed by atoms with Crippen molar-refractivity contribution in [2.24, 2.45) is 7.05 Å². The molecular weight excluding hydrogens is 295 g/mol. The molecule has 5 heteroatoms. The van der Waals surface area contributed by atoms with Crippen LogP contribution in [0.5, 0.6) is 0 Å². The second kappa shape index (κ2) is 6.22. The summed E-state index contributed by atoms with van der Waals surface area (Å²) in [6.45, 7) is 0.0901. The first-order valence-electron chi connectivity index (χ1n) is 7.33. The highest BCUT2D eigenvalue weighted by Crippen LogP contribution is 2.21. The first-order valence-corrected chi connectivity index (χ1v) is 7.33. The predicted octanol–water partition coefficient (Wildman–Crippen LogP) is 2.78. The molecule has 3 rings (SSSR count). The van der Waals surface area contributed by atoms with E-state index < -0.39 is 6.10 Å². The molecule has 23 heavy (non-hydrogen) atoms. The Morgan fingerprint density at radius 2 is 1.96 bits per heavy atom. The molecule has 1 atom stereocenters. The molecule has 1 aromatic heterocycles. The number of nitrogens with one attached hydrogen (secondary N) is 1. The van der Waals surface area contributed by atoms with Gasteiger partial charge < -0.3 is 15.0 Å². The molecule has 2 aromatic carbocycles. The van der Waals surface area contributed by atoms with Gasteiger partial charge in [0.05, 0.1) is 11.6 Å². The van der Waals surface area contributed by atoms with Crippen molar-refractivity contribution >= 4 is 16.8 Å². The minimum Gasteiger partial charge on any atom is -0.387 e. The van der Waals surface area contributed by atoms with Crippen LogP contribution in [0.2, 0.25) is 0 Å². The second-order valence-corrected chi connectivity index (χ2v) is 5.40. The first kappa shape index (κ1) is 15.2. The lowest BCUT2D eigenvalue weighted by atomic mass is 10.1. The minimum absolute atomic E-state index is 0.0901. The molecule has 0 fully saturated rings. The maximum Gasteiger partial charge on any atom is 0.268 e. The molecule has 0 aliphatic rings. The highest BCUT2D eigenvalue weighted by molar-refractivity contribution is 5.98. The summed E-state index contributed by atoms with van der Waals surface area (Å²) < 4.78 is 15.4. The molecule has 1 heterocycles. The summed E-state index contributed by atoms with van der Waals surface area (Å²) in [6, 6.07) is 15.4. The van der Waals surface area contributed by atoms with Gasteiger partial charge >= 0.3 is 0 Å². The number of hydrogen-bond acceptors (Lipinski definition) is 2. The summed E-state index contributed by atoms with van der Waals surface area (Å²) in [5.41, 5.74) is 1.74. The van der Waals surface area contributed by atoms with E-state index >= 15 is 0 Å². The zero-order valence-electron chi connectivity index (χ0n) is 12.7. The van der Waals surface area contributed by atoms with E-state index in [9.17, 15) is 14.3 Å². The third-order valence-electron chi connectivity index (χ3n) is 3.91. The molecule has 0 aliphatic carbocycles. The molecule has 4 nitrogen and oxygen atoms in total. The Morgan fingerprint density at radius 1 is 1.22 bits per heavy atom. The van der Waals surface area contributed by atoms with Crippen LogP contribution < -0.4 is 5.32 Å². The van der Waals surface area contributed by atoms with Crippen molar-refractivity contribution < 1.29 is 14.3 Å². The summed E-state index contributed by atoms with van der Waals surface area (Å²) in [7, 11) is 1.71. The van der Waals surface area contributed by atoms with E-state index in [0.717, 1.165) is 5.56 Å². The minimum atomic E-state index is -0.786. The van der Waals surface area contributed by atoms with Crippen molar-refractivity contribution in [2.45, 2.75) is 6.10 Å². The molecule has 0 radical (unpaired) electrons. The van der Waals surface area contributed by atoms with Gasteiger partial charge in [-0.3, -0.25) is 4.79 Å². The number of fused-ring (bicyclic) bond motifs is 1. The van der Waals surface area contributed by atoms with Crippen LogP contribution in [-0.4, -0.2) is 22.1 Å². The Balaban J connectivity index is 1.76. The highest BCUT2D eigenvalue weighted by atomic mass is 19.1. The Morgan fingerprint density at radius 3 is 2.65 bits per heavy atom. The number of aromatic nitrogens is 1. The largest absolute Gasteiger partial charge is 0.387 e. The summed E-state index contributed by atoms with van der Waals surface area (Å²) in [5.74, 6) is -0.709. The summed E-state index contributed by atoms with van der Waals surface area (Å²) >= 11 is 0. The summed E-state index contributed by atoms with van der Waals surface area (Å²) in [4.78, 5) is 12.3. The normalized spacial score (nSPS) is 12.3. The van der Waals surface area contributed by atoms with Crippen molar-refractivity contribution in [2.75, 3.05) is 6.54 Å². The van der Waals surface area contributed by atoms with Gasteiger partial charge in [-0.05, 0) is 23.8 Å². The van der Waals surface area contributed by atoms with Crippen LogP contribution in [0, 0.1) is 5.82 Å². The molecule has 0 aliphatic heterocycles. The number of carbonyl (C=O) groups is 1. The van der Waals surface area contributed by atoms with Gasteiger partial charge in [0.25, 0.3) is 5.91 Å². The fraction of sp³-hybridized carbons (Fsp3) is 0.167. The van der Waals surface area contributed by atoms with Gasteiger partial charge in [-0.15, -0.1) is 0 Å². The summed E-state index contributed by atoms with van der Waals surface area (Å²) in [5, 5.41) is 13.2. The molecule has 0 bridgehead atoms. The standard InChI is InChI=1S/C18H17FN2O2/c1-21-15-9-5-8-14(19)13(15)10-16(21)18(23)20-11-17(22)12-6-3-2-4-7-12/h2-10,17,22H,11H2,1H3,(H,20,23). The third kappa shape index (κ3) is 2.96. The molecule has 1 unspecified atom stereocenters. The van der Waals surface area contributed by atoms with Crippen LogP contribution in [0.1, 0.15) is 22.2 Å². The number of halogens is 1. The average Bonchev–Trinajstić information content (AvgIpc) is 2.92. The highest BCUT2D eigenvalue weighted by Gasteiger charge is 2.16. The maximum absolute atomic E-state index is 13.8. The van der Waals surface area contributed by atoms with Crippen LogP contribution in [0.15, 0.2) is 54.6 Å². The SMILES string of the molecule is Cn1c(C(=O)NCC(O)c2ccccc2)cc2c(F)cccc21. The van der Waals surface area contributed by atoms with Gasteiger partial charge in [0, 0.05) is 19.0 Å². The van der Waals surface area contributed by atoms with Crippen molar-refractivity contribution in [3.63, 3.8) is 0 Å². The van der Waals surface area contributed by atoms with Crippen molar-refractivity contribution in [1.29, 1.82) is 0 Å². The van der Waals surface area contributed by atoms with Crippen molar-refractivity contribution in [3.05, 3.63) is 71.7 Å². The van der Waals surface area contributed by atoms with Gasteiger partial charge in [0.15, 0.2) is 0 Å². The lowest BCUT2D eigenvalue weighted by Gasteiger charge is -2.12. The quantitative estimate of drug-likeness (QED) is 0.778. The van der Waals surface area contributed by atoms with Gasteiger partial charge in [0.1, 0.15) is 11.5 Å². The van der Waals surface area contributed by atoms with E-state index in [4.69, 9.17) is 0 Å². The first-order chi connectivity index (χ1) is 11.1. The van der Waals surface area contributed by atoms with Gasteiger partial charge in [0.2, 0.25) is 0 Å². The van der Waals surface area contributed by atoms with E-state index in [1.165, 1.54) is 12.1 Å². The number of rotatable bonds is 4. The third-order valence-corrected chi connectivity index (χ3v) is 3.91. The fourth-order valence-corrected chi connectivity index (χ4v) is 2.62. The summed E-state index contributed by atoms with van der Waals surface area (Å²) in [6.07, 6.45) is -0.786. The molecule has 0 spiro atoms. The Hall–Kier alpha value is -2.66. The molecule has 0 saturated carbocycles. The van der Waals surface area contributed by atoms with E-state index in [1.807, 2.05) is 18.2 Å². The smallest absolute Gasteiger partial charge is 0.268 e. The van der Waals surface area contributed by atoms with Crippen LogP contribution >= 0.6 is 0 Å². The number of nitrogens with zero attached hydrogens (tertiary/aromatic N) is 1. The second-order valence-electron chi connectivity index (χ2n) is 5.40. The number of carbonyl (C=O) groups excluding carboxylic acids is 1. The maximum atomic E-state index is 13.8. The predicted molar refractivity (Wildman–Crippen MR) is 86.6 cm³/mol. The zero-order valence-corrected chi connectivity index (χ0v) is 12.7. The van der Waals surface area contributed by atoms with Crippen molar-refractivity contribution in [3.8, 4) is 0 Å². The lowest BCUT2D eigenvalue weighted by molar-refractivity contribution is 0.0908. The van der Waals surface area contributed by atoms with Gasteiger partial charge in [-0.1, -0.05) is 36.4 Å². The van der Waals surface area contributed by atoms with E-state index in [0.29, 0.717) is 16.6 Å². The Labute approximate surface area is 133 Å². The zero-order chi connectivity index (χ0) is 16.4. The number of hydrogen-bond donors (Lipinski definition) is 2. The Kier molecular flexibility index (Phi) is 4.12. The Bertz CT molecular complexity index is 843. The molecule has 1 amide bonds.